The molecule has 0 aliphatic rings. The first-order chi connectivity index (χ1) is 9.36. The maximum atomic E-state index is 4.31. The summed E-state index contributed by atoms with van der Waals surface area (Å²) in [6.07, 6.45) is 1.80. The lowest BCUT2D eigenvalue weighted by Gasteiger charge is -2.04. The van der Waals surface area contributed by atoms with Crippen LogP contribution < -0.4 is 5.32 Å². The molecule has 0 fully saturated rings. The summed E-state index contributed by atoms with van der Waals surface area (Å²) in [4.78, 5) is 4.31. The number of benzene rings is 1. The van der Waals surface area contributed by atoms with E-state index in [1.54, 1.807) is 6.20 Å². The van der Waals surface area contributed by atoms with Crippen LogP contribution in [-0.2, 0) is 0 Å². The van der Waals surface area contributed by atoms with E-state index in [1.807, 2.05) is 43.3 Å². The van der Waals surface area contributed by atoms with Gasteiger partial charge >= 0.3 is 0 Å². The van der Waals surface area contributed by atoms with Crippen molar-refractivity contribution < 1.29 is 0 Å². The predicted octanol–water partition coefficient (Wildman–Crippen LogP) is 3.12. The molecule has 0 atom stereocenters. The van der Waals surface area contributed by atoms with Gasteiger partial charge in [-0.2, -0.15) is 0 Å². The van der Waals surface area contributed by atoms with Gasteiger partial charge in [0.2, 0.25) is 0 Å². The fourth-order valence-corrected chi connectivity index (χ4v) is 2.00. The molecule has 1 N–H and O–H groups in total. The van der Waals surface area contributed by atoms with Crippen molar-refractivity contribution >= 4 is 16.7 Å². The monoisotopic (exact) mass is 250 g/mol. The SMILES string of the molecule is CCNc1ccc(-c2ccc3ncccc3c2)nn1. The highest BCUT2D eigenvalue weighted by molar-refractivity contribution is 5.83. The van der Waals surface area contributed by atoms with Crippen molar-refractivity contribution in [2.45, 2.75) is 6.92 Å². The zero-order valence-corrected chi connectivity index (χ0v) is 10.7. The number of aromatic nitrogens is 3. The molecule has 4 heteroatoms. The van der Waals surface area contributed by atoms with Gasteiger partial charge in [-0.05, 0) is 37.3 Å². The second-order valence-corrected chi connectivity index (χ2v) is 4.25. The summed E-state index contributed by atoms with van der Waals surface area (Å²) in [5, 5.41) is 12.6. The van der Waals surface area contributed by atoms with Crippen LogP contribution in [0, 0.1) is 0 Å². The lowest BCUT2D eigenvalue weighted by Crippen LogP contribution is -2.00. The third-order valence-electron chi connectivity index (χ3n) is 2.92. The van der Waals surface area contributed by atoms with E-state index in [4.69, 9.17) is 0 Å². The number of nitrogens with one attached hydrogen (secondary N) is 1. The first kappa shape index (κ1) is 11.6. The van der Waals surface area contributed by atoms with Crippen LogP contribution in [0.4, 0.5) is 5.82 Å². The van der Waals surface area contributed by atoms with Crippen LogP contribution in [-0.4, -0.2) is 21.7 Å². The quantitative estimate of drug-likeness (QED) is 0.776. The third kappa shape index (κ3) is 2.38. The zero-order valence-electron chi connectivity index (χ0n) is 10.7. The summed E-state index contributed by atoms with van der Waals surface area (Å²) >= 11 is 0. The minimum absolute atomic E-state index is 0.800. The van der Waals surface area contributed by atoms with Crippen molar-refractivity contribution in [1.29, 1.82) is 0 Å². The van der Waals surface area contributed by atoms with Crippen LogP contribution in [0.3, 0.4) is 0 Å². The molecular formula is C15H14N4. The Morgan fingerprint density at radius 2 is 2.00 bits per heavy atom. The Balaban J connectivity index is 1.99. The number of anilines is 1. The van der Waals surface area contributed by atoms with E-state index in [-0.39, 0.29) is 0 Å². The Hall–Kier alpha value is -2.49. The molecule has 0 bridgehead atoms. The first-order valence-corrected chi connectivity index (χ1v) is 6.29. The highest BCUT2D eigenvalue weighted by atomic mass is 15.2. The molecule has 94 valence electrons. The van der Waals surface area contributed by atoms with Crippen molar-refractivity contribution in [3.8, 4) is 11.3 Å². The van der Waals surface area contributed by atoms with Gasteiger partial charge in [-0.15, -0.1) is 10.2 Å². The van der Waals surface area contributed by atoms with Crippen LogP contribution in [0.15, 0.2) is 48.7 Å². The summed E-state index contributed by atoms with van der Waals surface area (Å²) in [6.45, 7) is 2.88. The van der Waals surface area contributed by atoms with Crippen LogP contribution in [0.1, 0.15) is 6.92 Å². The van der Waals surface area contributed by atoms with Gasteiger partial charge in [-0.25, -0.2) is 0 Å². The normalized spacial score (nSPS) is 10.6. The van der Waals surface area contributed by atoms with Crippen molar-refractivity contribution in [3.63, 3.8) is 0 Å². The highest BCUT2D eigenvalue weighted by Gasteiger charge is 2.02. The molecule has 19 heavy (non-hydrogen) atoms. The zero-order chi connectivity index (χ0) is 13.1. The van der Waals surface area contributed by atoms with Crippen LogP contribution >= 0.6 is 0 Å². The fraction of sp³-hybridized carbons (Fsp3) is 0.133. The Labute approximate surface area is 111 Å². The average Bonchev–Trinajstić information content (AvgIpc) is 2.48. The Morgan fingerprint density at radius 3 is 2.79 bits per heavy atom. The predicted molar refractivity (Wildman–Crippen MR) is 76.9 cm³/mol. The van der Waals surface area contributed by atoms with Gasteiger partial charge in [0.05, 0.1) is 11.2 Å². The molecule has 0 aliphatic heterocycles. The van der Waals surface area contributed by atoms with Crippen molar-refractivity contribution in [3.05, 3.63) is 48.7 Å². The Morgan fingerprint density at radius 1 is 1.05 bits per heavy atom. The maximum Gasteiger partial charge on any atom is 0.148 e. The summed E-state index contributed by atoms with van der Waals surface area (Å²) in [5.41, 5.74) is 2.91. The maximum absolute atomic E-state index is 4.31. The second kappa shape index (κ2) is 5.02. The molecule has 3 rings (SSSR count). The van der Waals surface area contributed by atoms with E-state index in [9.17, 15) is 0 Å². The van der Waals surface area contributed by atoms with Crippen LogP contribution in [0.2, 0.25) is 0 Å². The van der Waals surface area contributed by atoms with E-state index >= 15 is 0 Å². The molecule has 0 spiro atoms. The number of hydrogen-bond acceptors (Lipinski definition) is 4. The molecule has 2 heterocycles. The molecule has 0 unspecified atom stereocenters. The average molecular weight is 250 g/mol. The van der Waals surface area contributed by atoms with Gasteiger partial charge in [-0.3, -0.25) is 4.98 Å². The second-order valence-electron chi connectivity index (χ2n) is 4.25. The first-order valence-electron chi connectivity index (χ1n) is 6.29. The van der Waals surface area contributed by atoms with Crippen molar-refractivity contribution in [1.82, 2.24) is 15.2 Å². The van der Waals surface area contributed by atoms with Gasteiger partial charge in [0.1, 0.15) is 5.82 Å². The minimum atomic E-state index is 0.800. The number of fused-ring (bicyclic) bond motifs is 1. The van der Waals surface area contributed by atoms with Crippen LogP contribution in [0.5, 0.6) is 0 Å². The van der Waals surface area contributed by atoms with Crippen molar-refractivity contribution in [2.24, 2.45) is 0 Å². The van der Waals surface area contributed by atoms with Gasteiger partial charge < -0.3 is 5.32 Å². The summed E-state index contributed by atoms with van der Waals surface area (Å²) in [6, 6.07) is 14.0. The highest BCUT2D eigenvalue weighted by Crippen LogP contribution is 2.21. The van der Waals surface area contributed by atoms with Gasteiger partial charge in [0.25, 0.3) is 0 Å². The summed E-state index contributed by atoms with van der Waals surface area (Å²) < 4.78 is 0. The smallest absolute Gasteiger partial charge is 0.148 e. The lowest BCUT2D eigenvalue weighted by atomic mass is 10.1. The van der Waals surface area contributed by atoms with Gasteiger partial charge in [-0.1, -0.05) is 12.1 Å². The largest absolute Gasteiger partial charge is 0.369 e. The molecule has 3 aromatic rings. The Kier molecular flexibility index (Phi) is 3.06. The lowest BCUT2D eigenvalue weighted by molar-refractivity contribution is 1.02. The molecular weight excluding hydrogens is 236 g/mol. The standard InChI is InChI=1S/C15H14N4/c1-2-16-15-8-7-14(18-19-15)12-5-6-13-11(10-12)4-3-9-17-13/h3-10H,2H2,1H3,(H,16,19). The summed E-state index contributed by atoms with van der Waals surface area (Å²) in [5.74, 6) is 0.800. The molecule has 0 radical (unpaired) electrons. The molecule has 1 aromatic carbocycles. The van der Waals surface area contributed by atoms with E-state index in [2.05, 4.69) is 26.6 Å². The Bertz CT molecular complexity index is 692. The van der Waals surface area contributed by atoms with Gasteiger partial charge in [0.15, 0.2) is 0 Å². The van der Waals surface area contributed by atoms with Crippen molar-refractivity contribution in [2.75, 3.05) is 11.9 Å². The van der Waals surface area contributed by atoms with Crippen LogP contribution in [0.25, 0.3) is 22.2 Å². The number of hydrogen-bond donors (Lipinski definition) is 1. The minimum Gasteiger partial charge on any atom is -0.369 e. The summed E-state index contributed by atoms with van der Waals surface area (Å²) in [7, 11) is 0. The molecule has 4 nitrogen and oxygen atoms in total. The van der Waals surface area contributed by atoms with E-state index in [1.165, 1.54) is 0 Å². The van der Waals surface area contributed by atoms with Gasteiger partial charge in [0, 0.05) is 23.7 Å². The molecule has 0 saturated carbocycles. The number of nitrogens with zero attached hydrogens (tertiary/aromatic N) is 3. The molecule has 0 amide bonds. The molecule has 0 saturated heterocycles. The molecule has 0 aliphatic carbocycles. The fourth-order valence-electron chi connectivity index (χ4n) is 2.00. The topological polar surface area (TPSA) is 50.7 Å². The van der Waals surface area contributed by atoms with E-state index in [0.717, 1.165) is 34.5 Å². The molecule has 2 aromatic heterocycles. The number of rotatable bonds is 3. The third-order valence-corrected chi connectivity index (χ3v) is 2.92. The van der Waals surface area contributed by atoms with E-state index in [0.29, 0.717) is 0 Å². The number of pyridine rings is 1. The van der Waals surface area contributed by atoms with E-state index < -0.39 is 0 Å².